The molecule has 0 aromatic carbocycles. The van der Waals surface area contributed by atoms with Gasteiger partial charge in [0.05, 0.1) is 5.41 Å². The molecule has 0 radical (unpaired) electrons. The van der Waals surface area contributed by atoms with E-state index in [0.717, 1.165) is 25.7 Å². The summed E-state index contributed by atoms with van der Waals surface area (Å²) >= 11 is 0. The van der Waals surface area contributed by atoms with Crippen LogP contribution in [0, 0.1) is 10.8 Å². The fourth-order valence-electron chi connectivity index (χ4n) is 3.53. The number of rotatable bonds is 5. The van der Waals surface area contributed by atoms with Gasteiger partial charge in [-0.15, -0.1) is 0 Å². The smallest absolute Gasteiger partial charge is 0.314 e. The number of carbonyl (C=O) groups excluding carboxylic acids is 1. The maximum Gasteiger partial charge on any atom is 0.314 e. The van der Waals surface area contributed by atoms with E-state index in [1.807, 2.05) is 0 Å². The summed E-state index contributed by atoms with van der Waals surface area (Å²) in [5.74, 6) is -0.780. The Morgan fingerprint density at radius 2 is 1.45 bits per heavy atom. The standard InChI is InChI=1S/C15H26N2O3/c1-14(6-2-3-7-14)10-16-13(20)17-11-15(12(18)19)8-4-5-9-15/h2-11H2,1H3,(H,18,19)(H2,16,17,20). The molecule has 2 fully saturated rings. The number of urea groups is 1. The highest BCUT2D eigenvalue weighted by Gasteiger charge is 2.41. The molecule has 0 atom stereocenters. The lowest BCUT2D eigenvalue weighted by molar-refractivity contribution is -0.148. The molecule has 0 heterocycles. The van der Waals surface area contributed by atoms with Crippen LogP contribution in [0.2, 0.25) is 0 Å². The van der Waals surface area contributed by atoms with Gasteiger partial charge in [-0.1, -0.05) is 32.6 Å². The van der Waals surface area contributed by atoms with Crippen molar-refractivity contribution >= 4 is 12.0 Å². The summed E-state index contributed by atoms with van der Waals surface area (Å²) in [4.78, 5) is 23.2. The highest BCUT2D eigenvalue weighted by molar-refractivity contribution is 5.78. The van der Waals surface area contributed by atoms with Gasteiger partial charge in [0, 0.05) is 13.1 Å². The van der Waals surface area contributed by atoms with Crippen molar-refractivity contribution in [3.05, 3.63) is 0 Å². The molecule has 20 heavy (non-hydrogen) atoms. The number of hydrogen-bond donors (Lipinski definition) is 3. The van der Waals surface area contributed by atoms with Gasteiger partial charge >= 0.3 is 12.0 Å². The predicted molar refractivity (Wildman–Crippen MR) is 76.5 cm³/mol. The zero-order valence-corrected chi connectivity index (χ0v) is 12.3. The second-order valence-electron chi connectivity index (χ2n) is 6.85. The molecule has 5 heteroatoms. The van der Waals surface area contributed by atoms with Crippen LogP contribution in [0.25, 0.3) is 0 Å². The minimum absolute atomic E-state index is 0.217. The van der Waals surface area contributed by atoms with Gasteiger partial charge in [0.25, 0.3) is 0 Å². The van der Waals surface area contributed by atoms with E-state index in [4.69, 9.17) is 0 Å². The first-order valence-corrected chi connectivity index (χ1v) is 7.71. The number of hydrogen-bond acceptors (Lipinski definition) is 2. The Morgan fingerprint density at radius 1 is 0.950 bits per heavy atom. The molecule has 0 aromatic rings. The van der Waals surface area contributed by atoms with Gasteiger partial charge in [-0.05, 0) is 31.1 Å². The van der Waals surface area contributed by atoms with Crippen molar-refractivity contribution in [2.24, 2.45) is 10.8 Å². The normalized spacial score (nSPS) is 23.4. The summed E-state index contributed by atoms with van der Waals surface area (Å²) in [5, 5.41) is 15.0. The first-order chi connectivity index (χ1) is 9.46. The Bertz CT molecular complexity index is 369. The van der Waals surface area contributed by atoms with E-state index in [0.29, 0.717) is 19.4 Å². The number of carboxylic acids is 1. The molecule has 0 bridgehead atoms. The molecule has 0 spiro atoms. The van der Waals surface area contributed by atoms with Gasteiger partial charge in [0.15, 0.2) is 0 Å². The van der Waals surface area contributed by atoms with Gasteiger partial charge < -0.3 is 15.7 Å². The maximum atomic E-state index is 11.8. The van der Waals surface area contributed by atoms with E-state index in [9.17, 15) is 14.7 Å². The number of amides is 2. The van der Waals surface area contributed by atoms with Gasteiger partial charge in [0.2, 0.25) is 0 Å². The van der Waals surface area contributed by atoms with E-state index in [2.05, 4.69) is 17.6 Å². The molecule has 3 N–H and O–H groups in total. The van der Waals surface area contributed by atoms with Crippen LogP contribution < -0.4 is 10.6 Å². The monoisotopic (exact) mass is 282 g/mol. The summed E-state index contributed by atoms with van der Waals surface area (Å²) in [6, 6.07) is -0.231. The van der Waals surface area contributed by atoms with Crippen LogP contribution in [0.3, 0.4) is 0 Å². The molecule has 2 aliphatic rings. The van der Waals surface area contributed by atoms with Crippen molar-refractivity contribution in [1.29, 1.82) is 0 Å². The molecule has 5 nitrogen and oxygen atoms in total. The molecule has 2 amide bonds. The Hall–Kier alpha value is -1.26. The fraction of sp³-hybridized carbons (Fsp3) is 0.867. The Labute approximate surface area is 120 Å². The van der Waals surface area contributed by atoms with E-state index < -0.39 is 11.4 Å². The van der Waals surface area contributed by atoms with Crippen LogP contribution in [-0.4, -0.2) is 30.2 Å². The molecule has 114 valence electrons. The topological polar surface area (TPSA) is 78.4 Å². The molecule has 0 aliphatic heterocycles. The van der Waals surface area contributed by atoms with Crippen molar-refractivity contribution < 1.29 is 14.7 Å². The van der Waals surface area contributed by atoms with Gasteiger partial charge in [0.1, 0.15) is 0 Å². The summed E-state index contributed by atoms with van der Waals surface area (Å²) < 4.78 is 0. The lowest BCUT2D eigenvalue weighted by atomic mass is 9.86. The third-order valence-corrected chi connectivity index (χ3v) is 5.09. The van der Waals surface area contributed by atoms with Gasteiger partial charge in [-0.2, -0.15) is 0 Å². The Kier molecular flexibility index (Phi) is 4.55. The highest BCUT2D eigenvalue weighted by atomic mass is 16.4. The minimum Gasteiger partial charge on any atom is -0.481 e. The van der Waals surface area contributed by atoms with Gasteiger partial charge in [-0.25, -0.2) is 4.79 Å². The van der Waals surface area contributed by atoms with Crippen molar-refractivity contribution in [1.82, 2.24) is 10.6 Å². The van der Waals surface area contributed by atoms with Crippen LogP contribution in [0.1, 0.15) is 58.3 Å². The number of carbonyl (C=O) groups is 2. The molecule has 2 saturated carbocycles. The molecule has 0 unspecified atom stereocenters. The third kappa shape index (κ3) is 3.44. The zero-order valence-electron chi connectivity index (χ0n) is 12.3. The molecular formula is C15H26N2O3. The average Bonchev–Trinajstić information content (AvgIpc) is 3.04. The lowest BCUT2D eigenvalue weighted by Crippen LogP contribution is -2.46. The largest absolute Gasteiger partial charge is 0.481 e. The quantitative estimate of drug-likeness (QED) is 0.725. The van der Waals surface area contributed by atoms with Crippen LogP contribution in [0.5, 0.6) is 0 Å². The van der Waals surface area contributed by atoms with Crippen molar-refractivity contribution in [2.45, 2.75) is 58.3 Å². The summed E-state index contributed by atoms with van der Waals surface area (Å²) in [6.45, 7) is 3.12. The summed E-state index contributed by atoms with van der Waals surface area (Å²) in [6.07, 6.45) is 8.00. The average molecular weight is 282 g/mol. The van der Waals surface area contributed by atoms with Crippen molar-refractivity contribution in [3.8, 4) is 0 Å². The number of aliphatic carboxylic acids is 1. The molecule has 0 saturated heterocycles. The first kappa shape index (κ1) is 15.1. The number of nitrogens with one attached hydrogen (secondary N) is 2. The second kappa shape index (κ2) is 6.02. The fourth-order valence-corrected chi connectivity index (χ4v) is 3.53. The van der Waals surface area contributed by atoms with Crippen molar-refractivity contribution in [2.75, 3.05) is 13.1 Å². The molecular weight excluding hydrogens is 256 g/mol. The summed E-state index contributed by atoms with van der Waals surface area (Å²) in [7, 11) is 0. The Balaban J connectivity index is 1.75. The first-order valence-electron chi connectivity index (χ1n) is 7.71. The van der Waals surface area contributed by atoms with Crippen molar-refractivity contribution in [3.63, 3.8) is 0 Å². The second-order valence-corrected chi connectivity index (χ2v) is 6.85. The molecule has 0 aromatic heterocycles. The van der Waals surface area contributed by atoms with Crippen LogP contribution >= 0.6 is 0 Å². The highest BCUT2D eigenvalue weighted by Crippen LogP contribution is 2.38. The van der Waals surface area contributed by atoms with Crippen LogP contribution in [0.4, 0.5) is 4.79 Å². The van der Waals surface area contributed by atoms with E-state index in [1.165, 1.54) is 12.8 Å². The minimum atomic E-state index is -0.780. The van der Waals surface area contributed by atoms with E-state index in [1.54, 1.807) is 0 Å². The maximum absolute atomic E-state index is 11.8. The van der Waals surface area contributed by atoms with Crippen LogP contribution in [-0.2, 0) is 4.79 Å². The van der Waals surface area contributed by atoms with E-state index in [-0.39, 0.29) is 18.0 Å². The predicted octanol–water partition coefficient (Wildman–Crippen LogP) is 2.51. The van der Waals surface area contributed by atoms with Crippen LogP contribution in [0.15, 0.2) is 0 Å². The van der Waals surface area contributed by atoms with E-state index >= 15 is 0 Å². The SMILES string of the molecule is CC1(CNC(=O)NCC2(C(=O)O)CCCC2)CCCC1. The molecule has 2 aliphatic carbocycles. The lowest BCUT2D eigenvalue weighted by Gasteiger charge is -2.26. The molecule has 2 rings (SSSR count). The Morgan fingerprint density at radius 3 is 2.00 bits per heavy atom. The number of carboxylic acid groups (broad SMARTS) is 1. The summed E-state index contributed by atoms with van der Waals surface area (Å²) in [5.41, 5.74) is -0.524. The zero-order chi connectivity index (χ0) is 14.6. The third-order valence-electron chi connectivity index (χ3n) is 5.09. The van der Waals surface area contributed by atoms with Gasteiger partial charge in [-0.3, -0.25) is 4.79 Å².